The third-order valence-electron chi connectivity index (χ3n) is 3.77. The number of nitrogens with zero attached hydrogens (tertiary/aromatic N) is 1. The van der Waals surface area contributed by atoms with Crippen molar-refractivity contribution in [2.75, 3.05) is 19.7 Å². The Bertz CT molecular complexity index is 838. The Morgan fingerprint density at radius 2 is 1.96 bits per heavy atom. The van der Waals surface area contributed by atoms with Crippen LogP contribution in [0, 0.1) is 0 Å². The molecular formula is C16H13Cl3N2O3. The molecule has 3 rings (SSSR count). The molecule has 1 aliphatic rings. The van der Waals surface area contributed by atoms with Gasteiger partial charge in [0.05, 0.1) is 28.8 Å². The van der Waals surface area contributed by atoms with Gasteiger partial charge in [-0.1, -0.05) is 40.9 Å². The number of aromatic nitrogens is 1. The summed E-state index contributed by atoms with van der Waals surface area (Å²) in [5.41, 5.74) is 0.750. The van der Waals surface area contributed by atoms with Crippen LogP contribution in [-0.2, 0) is 4.74 Å². The number of carbonyl (C=O) groups is 1. The molecule has 0 aliphatic carbocycles. The maximum absolute atomic E-state index is 12.6. The number of benzene rings is 1. The number of halogens is 3. The minimum absolute atomic E-state index is 0.0184. The number of pyridine rings is 1. The zero-order valence-electron chi connectivity index (χ0n) is 12.4. The fourth-order valence-electron chi connectivity index (χ4n) is 2.51. The SMILES string of the molecule is O=C(c1c[nH]c(=O)c(Cl)c1)N1CCO[C@@H](c2ccc(Cl)c(Cl)c2)C1. The van der Waals surface area contributed by atoms with E-state index in [2.05, 4.69) is 4.98 Å². The average Bonchev–Trinajstić information content (AvgIpc) is 2.59. The first-order valence-corrected chi connectivity index (χ1v) is 8.33. The molecule has 1 atom stereocenters. The number of morpholine rings is 1. The molecule has 2 heterocycles. The number of H-pyrrole nitrogens is 1. The Morgan fingerprint density at radius 3 is 2.67 bits per heavy atom. The van der Waals surface area contributed by atoms with Crippen LogP contribution in [0.15, 0.2) is 35.3 Å². The molecule has 0 radical (unpaired) electrons. The number of amides is 1. The molecule has 0 unspecified atom stereocenters. The first-order valence-electron chi connectivity index (χ1n) is 7.20. The lowest BCUT2D eigenvalue weighted by Crippen LogP contribution is -2.42. The van der Waals surface area contributed by atoms with Gasteiger partial charge in [-0.05, 0) is 23.8 Å². The van der Waals surface area contributed by atoms with E-state index in [-0.39, 0.29) is 17.0 Å². The van der Waals surface area contributed by atoms with Crippen LogP contribution in [0.25, 0.3) is 0 Å². The van der Waals surface area contributed by atoms with Crippen LogP contribution in [0.3, 0.4) is 0 Å². The van der Waals surface area contributed by atoms with E-state index in [0.29, 0.717) is 35.3 Å². The van der Waals surface area contributed by atoms with Crippen LogP contribution in [0.5, 0.6) is 0 Å². The first kappa shape index (κ1) is 17.3. The quantitative estimate of drug-likeness (QED) is 0.857. The third-order valence-corrected chi connectivity index (χ3v) is 4.79. The van der Waals surface area contributed by atoms with E-state index in [9.17, 15) is 9.59 Å². The van der Waals surface area contributed by atoms with Crippen molar-refractivity contribution in [2.45, 2.75) is 6.10 Å². The molecule has 5 nitrogen and oxygen atoms in total. The smallest absolute Gasteiger partial charge is 0.266 e. The van der Waals surface area contributed by atoms with Gasteiger partial charge in [0.1, 0.15) is 11.1 Å². The summed E-state index contributed by atoms with van der Waals surface area (Å²) in [6, 6.07) is 6.63. The second kappa shape index (κ2) is 7.15. The van der Waals surface area contributed by atoms with Gasteiger partial charge in [-0.15, -0.1) is 0 Å². The highest BCUT2D eigenvalue weighted by Crippen LogP contribution is 2.29. The number of carbonyl (C=O) groups excluding carboxylic acids is 1. The van der Waals surface area contributed by atoms with E-state index in [0.717, 1.165) is 5.56 Å². The number of hydrogen-bond donors (Lipinski definition) is 1. The van der Waals surface area contributed by atoms with Crippen molar-refractivity contribution in [3.8, 4) is 0 Å². The van der Waals surface area contributed by atoms with E-state index in [1.54, 1.807) is 17.0 Å². The van der Waals surface area contributed by atoms with Gasteiger partial charge in [-0.2, -0.15) is 0 Å². The largest absolute Gasteiger partial charge is 0.370 e. The van der Waals surface area contributed by atoms with Crippen LogP contribution in [0.2, 0.25) is 15.1 Å². The van der Waals surface area contributed by atoms with Crippen molar-refractivity contribution in [2.24, 2.45) is 0 Å². The molecule has 1 saturated heterocycles. The van der Waals surface area contributed by atoms with E-state index in [4.69, 9.17) is 39.5 Å². The summed E-state index contributed by atoms with van der Waals surface area (Å²) in [6.07, 6.45) is 1.07. The highest BCUT2D eigenvalue weighted by atomic mass is 35.5. The summed E-state index contributed by atoms with van der Waals surface area (Å²) in [7, 11) is 0. The van der Waals surface area contributed by atoms with Gasteiger partial charge in [-0.25, -0.2) is 0 Å². The maximum atomic E-state index is 12.6. The van der Waals surface area contributed by atoms with Gasteiger partial charge < -0.3 is 14.6 Å². The molecule has 1 amide bonds. The fourth-order valence-corrected chi connectivity index (χ4v) is 2.99. The number of nitrogens with one attached hydrogen (secondary N) is 1. The topological polar surface area (TPSA) is 62.4 Å². The molecule has 1 fully saturated rings. The highest BCUT2D eigenvalue weighted by Gasteiger charge is 2.27. The minimum atomic E-state index is -0.427. The standard InChI is InChI=1S/C16H13Cl3N2O3/c17-11-2-1-9(5-12(11)18)14-8-21(3-4-24-14)16(23)10-6-13(19)15(22)20-7-10/h1-2,5-7,14H,3-4,8H2,(H,20,22)/t14-/m1/s1. The van der Waals surface area contributed by atoms with Crippen molar-refractivity contribution in [3.63, 3.8) is 0 Å². The monoisotopic (exact) mass is 386 g/mol. The van der Waals surface area contributed by atoms with Crippen molar-refractivity contribution in [1.82, 2.24) is 9.88 Å². The Kier molecular flexibility index (Phi) is 5.15. The maximum Gasteiger partial charge on any atom is 0.266 e. The van der Waals surface area contributed by atoms with Crippen LogP contribution >= 0.6 is 34.8 Å². The van der Waals surface area contributed by atoms with Crippen LogP contribution < -0.4 is 5.56 Å². The van der Waals surface area contributed by atoms with E-state index in [1.807, 2.05) is 6.07 Å². The predicted molar refractivity (Wildman–Crippen MR) is 93.1 cm³/mol. The third kappa shape index (κ3) is 3.59. The summed E-state index contributed by atoms with van der Waals surface area (Å²) >= 11 is 17.8. The zero-order chi connectivity index (χ0) is 17.3. The fraction of sp³-hybridized carbons (Fsp3) is 0.250. The molecule has 126 valence electrons. The summed E-state index contributed by atoms with van der Waals surface area (Å²) in [5.74, 6) is -0.221. The highest BCUT2D eigenvalue weighted by molar-refractivity contribution is 6.42. The van der Waals surface area contributed by atoms with Gasteiger partial charge in [0.15, 0.2) is 0 Å². The lowest BCUT2D eigenvalue weighted by atomic mass is 10.1. The van der Waals surface area contributed by atoms with Crippen molar-refractivity contribution >= 4 is 40.7 Å². The number of aromatic amines is 1. The second-order valence-corrected chi connectivity index (χ2v) is 6.57. The summed E-state index contributed by atoms with van der Waals surface area (Å²) in [5, 5.41) is 0.885. The summed E-state index contributed by atoms with van der Waals surface area (Å²) in [4.78, 5) is 28.0. The van der Waals surface area contributed by atoms with Crippen LogP contribution in [0.4, 0.5) is 0 Å². The molecular weight excluding hydrogens is 375 g/mol. The summed E-state index contributed by atoms with van der Waals surface area (Å²) < 4.78 is 5.74. The Labute approximate surface area is 153 Å². The van der Waals surface area contributed by atoms with Crippen molar-refractivity contribution < 1.29 is 9.53 Å². The predicted octanol–water partition coefficient (Wildman–Crippen LogP) is 3.55. The molecule has 1 N–H and O–H groups in total. The average molecular weight is 388 g/mol. The minimum Gasteiger partial charge on any atom is -0.370 e. The van der Waals surface area contributed by atoms with Gasteiger partial charge in [0.2, 0.25) is 0 Å². The lowest BCUT2D eigenvalue weighted by Gasteiger charge is -2.33. The molecule has 1 aromatic heterocycles. The molecule has 2 aromatic rings. The molecule has 0 spiro atoms. The number of hydrogen-bond acceptors (Lipinski definition) is 3. The molecule has 1 aromatic carbocycles. The Hall–Kier alpha value is -1.53. The zero-order valence-corrected chi connectivity index (χ0v) is 14.7. The van der Waals surface area contributed by atoms with E-state index < -0.39 is 5.56 Å². The Morgan fingerprint density at radius 1 is 1.17 bits per heavy atom. The molecule has 0 saturated carbocycles. The van der Waals surface area contributed by atoms with Gasteiger partial charge >= 0.3 is 0 Å². The number of ether oxygens (including phenoxy) is 1. The first-order chi connectivity index (χ1) is 11.5. The lowest BCUT2D eigenvalue weighted by molar-refractivity contribution is -0.0228. The van der Waals surface area contributed by atoms with Crippen LogP contribution in [-0.4, -0.2) is 35.5 Å². The second-order valence-electron chi connectivity index (χ2n) is 5.35. The van der Waals surface area contributed by atoms with Gasteiger partial charge in [-0.3, -0.25) is 9.59 Å². The number of rotatable bonds is 2. The normalized spacial score (nSPS) is 17.8. The van der Waals surface area contributed by atoms with Crippen LogP contribution in [0.1, 0.15) is 22.0 Å². The Balaban J connectivity index is 1.79. The summed E-state index contributed by atoms with van der Waals surface area (Å²) in [6.45, 7) is 1.22. The van der Waals surface area contributed by atoms with Gasteiger partial charge in [0.25, 0.3) is 11.5 Å². The molecule has 1 aliphatic heterocycles. The van der Waals surface area contributed by atoms with Crippen molar-refractivity contribution in [1.29, 1.82) is 0 Å². The molecule has 24 heavy (non-hydrogen) atoms. The van der Waals surface area contributed by atoms with E-state index >= 15 is 0 Å². The van der Waals surface area contributed by atoms with Gasteiger partial charge in [0, 0.05) is 12.7 Å². The molecule has 8 heteroatoms. The molecule has 0 bridgehead atoms. The van der Waals surface area contributed by atoms with E-state index in [1.165, 1.54) is 12.3 Å². The van der Waals surface area contributed by atoms with Crippen molar-refractivity contribution in [3.05, 3.63) is 67.0 Å².